The number of fused-ring (bicyclic) bond motifs is 3. The number of anilines is 1. The highest BCUT2D eigenvalue weighted by atomic mass is 32.1. The van der Waals surface area contributed by atoms with Crippen molar-refractivity contribution in [2.24, 2.45) is 5.92 Å². The zero-order valence-corrected chi connectivity index (χ0v) is 19.5. The first-order chi connectivity index (χ1) is 15.4. The third-order valence-corrected chi connectivity index (χ3v) is 7.23. The minimum Gasteiger partial charge on any atom is -0.335 e. The normalized spacial score (nSPS) is 15.4. The highest BCUT2D eigenvalue weighted by Crippen LogP contribution is 2.35. The molecule has 3 aromatic rings. The molecule has 1 aliphatic rings. The van der Waals surface area contributed by atoms with Crippen LogP contribution in [0.15, 0.2) is 35.4 Å². The molecular weight excluding hydrogens is 424 g/mol. The van der Waals surface area contributed by atoms with Gasteiger partial charge >= 0.3 is 0 Å². The van der Waals surface area contributed by atoms with Gasteiger partial charge in [-0.2, -0.15) is 0 Å². The summed E-state index contributed by atoms with van der Waals surface area (Å²) >= 11 is 1.59. The quantitative estimate of drug-likeness (QED) is 0.622. The van der Waals surface area contributed by atoms with Crippen LogP contribution in [-0.2, 0) is 35.4 Å². The number of likely N-dealkylation sites (N-methyl/N-ethyl adjacent to an activating group) is 1. The first-order valence-electron chi connectivity index (χ1n) is 11.0. The number of benzene rings is 1. The predicted octanol–water partition coefficient (Wildman–Crippen LogP) is 3.24. The van der Waals surface area contributed by atoms with Crippen LogP contribution in [0.5, 0.6) is 0 Å². The Bertz CT molecular complexity index is 1230. The van der Waals surface area contributed by atoms with Crippen molar-refractivity contribution in [1.29, 1.82) is 0 Å². The molecule has 1 aliphatic carbocycles. The SMILES string of the molecule is CCc1ccccc1NC(=O)CN(C)C(=O)Cn1cnc2sc3c(c2c1=O)CC[C@@H](C)C3. The Balaban J connectivity index is 1.46. The number of hydrogen-bond donors (Lipinski definition) is 1. The zero-order valence-electron chi connectivity index (χ0n) is 18.7. The molecule has 168 valence electrons. The van der Waals surface area contributed by atoms with E-state index in [0.29, 0.717) is 11.3 Å². The standard InChI is InChI=1S/C24H28N4O3S/c1-4-16-7-5-6-8-18(16)26-20(29)12-27(3)21(30)13-28-14-25-23-22(24(28)31)17-10-9-15(2)11-19(17)32-23/h5-8,14-15H,4,9-13H2,1-3H3,(H,26,29)/t15-/m1/s1. The molecule has 0 saturated heterocycles. The van der Waals surface area contributed by atoms with Gasteiger partial charge in [-0.15, -0.1) is 11.3 Å². The molecule has 0 unspecified atom stereocenters. The molecule has 2 heterocycles. The molecule has 1 N–H and O–H groups in total. The van der Waals surface area contributed by atoms with E-state index in [4.69, 9.17) is 0 Å². The van der Waals surface area contributed by atoms with Crippen molar-refractivity contribution >= 4 is 39.1 Å². The summed E-state index contributed by atoms with van der Waals surface area (Å²) in [6.07, 6.45) is 5.16. The summed E-state index contributed by atoms with van der Waals surface area (Å²) < 4.78 is 1.36. The van der Waals surface area contributed by atoms with Crippen LogP contribution in [0.1, 0.15) is 36.3 Å². The van der Waals surface area contributed by atoms with Crippen LogP contribution in [0.25, 0.3) is 10.2 Å². The lowest BCUT2D eigenvalue weighted by Crippen LogP contribution is -2.38. The average Bonchev–Trinajstić information content (AvgIpc) is 3.14. The van der Waals surface area contributed by atoms with Crippen LogP contribution in [0.2, 0.25) is 0 Å². The van der Waals surface area contributed by atoms with E-state index in [1.54, 1.807) is 18.4 Å². The fourth-order valence-electron chi connectivity index (χ4n) is 4.19. The number of nitrogens with one attached hydrogen (secondary N) is 1. The molecule has 0 saturated carbocycles. The van der Waals surface area contributed by atoms with Crippen molar-refractivity contribution in [2.45, 2.75) is 46.1 Å². The van der Waals surface area contributed by atoms with Crippen LogP contribution in [0.4, 0.5) is 5.69 Å². The minimum absolute atomic E-state index is 0.0902. The Kier molecular flexibility index (Phi) is 6.41. The fourth-order valence-corrected chi connectivity index (χ4v) is 5.53. The topological polar surface area (TPSA) is 84.3 Å². The second kappa shape index (κ2) is 9.24. The Morgan fingerprint density at radius 1 is 1.31 bits per heavy atom. The Morgan fingerprint density at radius 2 is 2.09 bits per heavy atom. The van der Waals surface area contributed by atoms with E-state index in [9.17, 15) is 14.4 Å². The van der Waals surface area contributed by atoms with Crippen LogP contribution >= 0.6 is 11.3 Å². The number of aryl methyl sites for hydroxylation is 2. The lowest BCUT2D eigenvalue weighted by molar-refractivity contribution is -0.133. The van der Waals surface area contributed by atoms with Crippen molar-refractivity contribution in [3.05, 3.63) is 57.0 Å². The van der Waals surface area contributed by atoms with Crippen molar-refractivity contribution in [1.82, 2.24) is 14.5 Å². The average molecular weight is 453 g/mol. The van der Waals surface area contributed by atoms with Gasteiger partial charge < -0.3 is 10.2 Å². The van der Waals surface area contributed by atoms with Gasteiger partial charge in [0.1, 0.15) is 11.4 Å². The smallest absolute Gasteiger partial charge is 0.262 e. The summed E-state index contributed by atoms with van der Waals surface area (Å²) in [6, 6.07) is 7.60. The van der Waals surface area contributed by atoms with Gasteiger partial charge in [-0.05, 0) is 48.8 Å². The number of thiophene rings is 1. The van der Waals surface area contributed by atoms with Gasteiger partial charge in [0.15, 0.2) is 0 Å². The zero-order chi connectivity index (χ0) is 22.8. The number of carbonyl (C=O) groups excluding carboxylic acids is 2. The molecule has 1 atom stereocenters. The highest BCUT2D eigenvalue weighted by molar-refractivity contribution is 7.18. The van der Waals surface area contributed by atoms with Gasteiger partial charge in [-0.3, -0.25) is 19.0 Å². The minimum atomic E-state index is -0.315. The molecule has 32 heavy (non-hydrogen) atoms. The third kappa shape index (κ3) is 4.46. The van der Waals surface area contributed by atoms with Crippen molar-refractivity contribution in [3.63, 3.8) is 0 Å². The molecule has 0 spiro atoms. The molecule has 0 radical (unpaired) electrons. The largest absolute Gasteiger partial charge is 0.335 e. The molecule has 7 nitrogen and oxygen atoms in total. The summed E-state index contributed by atoms with van der Waals surface area (Å²) in [6.45, 7) is 4.02. The summed E-state index contributed by atoms with van der Waals surface area (Å²) in [5.74, 6) is 0.0250. The first-order valence-corrected chi connectivity index (χ1v) is 11.8. The second-order valence-electron chi connectivity index (χ2n) is 8.52. The van der Waals surface area contributed by atoms with E-state index in [0.717, 1.165) is 47.3 Å². The summed E-state index contributed by atoms with van der Waals surface area (Å²) in [5.41, 5.74) is 2.72. The number of rotatable bonds is 6. The van der Waals surface area contributed by atoms with E-state index >= 15 is 0 Å². The molecule has 1 aromatic carbocycles. The van der Waals surface area contributed by atoms with Gasteiger partial charge in [0.2, 0.25) is 11.8 Å². The van der Waals surface area contributed by atoms with E-state index in [-0.39, 0.29) is 30.5 Å². The van der Waals surface area contributed by atoms with Crippen molar-refractivity contribution in [2.75, 3.05) is 18.9 Å². The summed E-state index contributed by atoms with van der Waals surface area (Å²) in [7, 11) is 1.57. The van der Waals surface area contributed by atoms with Gasteiger partial charge in [-0.25, -0.2) is 4.98 Å². The maximum absolute atomic E-state index is 13.1. The van der Waals surface area contributed by atoms with E-state index < -0.39 is 0 Å². The first kappa shape index (κ1) is 22.2. The lowest BCUT2D eigenvalue weighted by atomic mass is 9.89. The van der Waals surface area contributed by atoms with E-state index in [1.165, 1.54) is 20.7 Å². The fraction of sp³-hybridized carbons (Fsp3) is 0.417. The molecular formula is C24H28N4O3S. The van der Waals surface area contributed by atoms with Crippen LogP contribution in [0.3, 0.4) is 0 Å². The maximum atomic E-state index is 13.1. The highest BCUT2D eigenvalue weighted by Gasteiger charge is 2.24. The number of nitrogens with zero attached hydrogens (tertiary/aromatic N) is 3. The van der Waals surface area contributed by atoms with Gasteiger partial charge in [-0.1, -0.05) is 32.0 Å². The molecule has 2 amide bonds. The molecule has 0 bridgehead atoms. The second-order valence-corrected chi connectivity index (χ2v) is 9.60. The van der Waals surface area contributed by atoms with Gasteiger partial charge in [0.05, 0.1) is 18.3 Å². The summed E-state index contributed by atoms with van der Waals surface area (Å²) in [5, 5.41) is 3.52. The maximum Gasteiger partial charge on any atom is 0.262 e. The van der Waals surface area contributed by atoms with Crippen LogP contribution in [-0.4, -0.2) is 39.9 Å². The van der Waals surface area contributed by atoms with Crippen LogP contribution < -0.4 is 10.9 Å². The molecule has 2 aromatic heterocycles. The van der Waals surface area contributed by atoms with E-state index in [1.807, 2.05) is 31.2 Å². The lowest BCUT2D eigenvalue weighted by Gasteiger charge is -2.18. The Hall–Kier alpha value is -3.00. The number of para-hydroxylation sites is 1. The van der Waals surface area contributed by atoms with E-state index in [2.05, 4.69) is 17.2 Å². The third-order valence-electron chi connectivity index (χ3n) is 6.07. The summed E-state index contributed by atoms with van der Waals surface area (Å²) in [4.78, 5) is 46.1. The molecule has 0 fully saturated rings. The monoisotopic (exact) mass is 452 g/mol. The molecule has 0 aliphatic heterocycles. The molecule has 4 rings (SSSR count). The number of carbonyl (C=O) groups is 2. The Labute approximate surface area is 191 Å². The predicted molar refractivity (Wildman–Crippen MR) is 127 cm³/mol. The van der Waals surface area contributed by atoms with Crippen molar-refractivity contribution < 1.29 is 9.59 Å². The van der Waals surface area contributed by atoms with Crippen molar-refractivity contribution in [3.8, 4) is 0 Å². The van der Waals surface area contributed by atoms with Crippen LogP contribution in [0, 0.1) is 5.92 Å². The van der Waals surface area contributed by atoms with Gasteiger partial charge in [0, 0.05) is 17.6 Å². The van der Waals surface area contributed by atoms with Gasteiger partial charge in [0.25, 0.3) is 5.56 Å². The number of aromatic nitrogens is 2. The Morgan fingerprint density at radius 3 is 2.88 bits per heavy atom. The number of hydrogen-bond acceptors (Lipinski definition) is 5. The molecule has 8 heteroatoms. The number of amides is 2.